The van der Waals surface area contributed by atoms with Crippen LogP contribution in [-0.4, -0.2) is 13.1 Å². The largest absolute Gasteiger partial charge is 0.316 e. The number of hydrogen-bond donors (Lipinski definition) is 1. The summed E-state index contributed by atoms with van der Waals surface area (Å²) in [4.78, 5) is 0. The number of benzene rings is 1. The van der Waals surface area contributed by atoms with Gasteiger partial charge in [-0.3, -0.25) is 0 Å². The van der Waals surface area contributed by atoms with Gasteiger partial charge in [0.05, 0.1) is 5.02 Å². The molecule has 0 spiro atoms. The van der Waals surface area contributed by atoms with Gasteiger partial charge in [0.15, 0.2) is 0 Å². The zero-order valence-corrected chi connectivity index (χ0v) is 9.67. The van der Waals surface area contributed by atoms with E-state index in [1.165, 1.54) is 6.42 Å². The highest BCUT2D eigenvalue weighted by Crippen LogP contribution is 2.56. The van der Waals surface area contributed by atoms with Crippen LogP contribution < -0.4 is 5.32 Å². The number of piperidine rings is 1. The van der Waals surface area contributed by atoms with Crippen LogP contribution in [0.15, 0.2) is 18.2 Å². The van der Waals surface area contributed by atoms with Crippen molar-refractivity contribution < 1.29 is 4.39 Å². The first-order valence-corrected chi connectivity index (χ1v) is 5.26. The lowest BCUT2D eigenvalue weighted by Gasteiger charge is -2.12. The molecule has 1 aliphatic carbocycles. The van der Waals surface area contributed by atoms with Crippen LogP contribution in [0.2, 0.25) is 5.02 Å². The van der Waals surface area contributed by atoms with Crippen LogP contribution in [0.25, 0.3) is 0 Å². The van der Waals surface area contributed by atoms with E-state index >= 15 is 0 Å². The van der Waals surface area contributed by atoms with Crippen LogP contribution in [0, 0.1) is 11.7 Å². The lowest BCUT2D eigenvalue weighted by atomic mass is 9.95. The highest BCUT2D eigenvalue weighted by molar-refractivity contribution is 6.30. The molecule has 1 saturated carbocycles. The molecule has 1 aromatic carbocycles. The molecular weight excluding hydrogens is 236 g/mol. The molecule has 1 aromatic rings. The van der Waals surface area contributed by atoms with Gasteiger partial charge in [0, 0.05) is 12.0 Å². The SMILES string of the molecule is Cl.Fc1cc([C@]23CNC[C@@H]2C3)ccc1Cl. The van der Waals surface area contributed by atoms with Crippen LogP contribution >= 0.6 is 24.0 Å². The zero-order chi connectivity index (χ0) is 9.76. The molecule has 0 amide bonds. The summed E-state index contributed by atoms with van der Waals surface area (Å²) in [5.74, 6) is 0.416. The maximum absolute atomic E-state index is 13.3. The Labute approximate surface area is 99.4 Å². The zero-order valence-electron chi connectivity index (χ0n) is 8.09. The highest BCUT2D eigenvalue weighted by Gasteiger charge is 2.58. The van der Waals surface area contributed by atoms with Crippen LogP contribution in [0.1, 0.15) is 12.0 Å². The van der Waals surface area contributed by atoms with E-state index < -0.39 is 0 Å². The molecule has 2 atom stereocenters. The maximum Gasteiger partial charge on any atom is 0.142 e. The van der Waals surface area contributed by atoms with Crippen molar-refractivity contribution in [2.24, 2.45) is 5.92 Å². The molecule has 3 rings (SSSR count). The Morgan fingerprint density at radius 3 is 2.80 bits per heavy atom. The summed E-state index contributed by atoms with van der Waals surface area (Å²) in [5, 5.41) is 3.56. The molecule has 0 aromatic heterocycles. The topological polar surface area (TPSA) is 12.0 Å². The van der Waals surface area contributed by atoms with E-state index in [4.69, 9.17) is 11.6 Å². The second-order valence-electron chi connectivity index (χ2n) is 4.32. The normalized spacial score (nSPS) is 32.0. The fourth-order valence-corrected chi connectivity index (χ4v) is 2.71. The molecule has 1 N–H and O–H groups in total. The van der Waals surface area contributed by atoms with E-state index in [1.807, 2.05) is 6.07 Å². The Hall–Kier alpha value is -0.310. The lowest BCUT2D eigenvalue weighted by Crippen LogP contribution is -2.19. The third-order valence-electron chi connectivity index (χ3n) is 3.56. The second-order valence-corrected chi connectivity index (χ2v) is 4.72. The van der Waals surface area contributed by atoms with Crippen molar-refractivity contribution in [2.75, 3.05) is 13.1 Å². The summed E-state index contributed by atoms with van der Waals surface area (Å²) in [6, 6.07) is 5.21. The third-order valence-corrected chi connectivity index (χ3v) is 3.86. The molecule has 0 unspecified atom stereocenters. The third kappa shape index (κ3) is 1.55. The fourth-order valence-electron chi connectivity index (χ4n) is 2.60. The van der Waals surface area contributed by atoms with Crippen molar-refractivity contribution >= 4 is 24.0 Å². The fraction of sp³-hybridized carbons (Fsp3) is 0.455. The van der Waals surface area contributed by atoms with Crippen molar-refractivity contribution in [3.63, 3.8) is 0 Å². The van der Waals surface area contributed by atoms with Gasteiger partial charge in [-0.2, -0.15) is 0 Å². The van der Waals surface area contributed by atoms with Crippen LogP contribution in [0.3, 0.4) is 0 Å². The molecule has 0 radical (unpaired) electrons. The smallest absolute Gasteiger partial charge is 0.142 e. The van der Waals surface area contributed by atoms with Gasteiger partial charge in [-0.15, -0.1) is 12.4 Å². The average molecular weight is 248 g/mol. The maximum atomic E-state index is 13.3. The van der Waals surface area contributed by atoms with E-state index in [0.29, 0.717) is 5.92 Å². The van der Waals surface area contributed by atoms with Crippen molar-refractivity contribution in [1.82, 2.24) is 5.32 Å². The van der Waals surface area contributed by atoms with Crippen molar-refractivity contribution in [2.45, 2.75) is 11.8 Å². The van der Waals surface area contributed by atoms with Gasteiger partial charge in [-0.25, -0.2) is 4.39 Å². The molecule has 2 aliphatic rings. The minimum Gasteiger partial charge on any atom is -0.316 e. The minimum absolute atomic E-state index is 0. The van der Waals surface area contributed by atoms with E-state index in [1.54, 1.807) is 12.1 Å². The molecule has 1 nitrogen and oxygen atoms in total. The lowest BCUT2D eigenvalue weighted by molar-refractivity contribution is 0.614. The first-order valence-electron chi connectivity index (χ1n) is 4.89. The summed E-state index contributed by atoms with van der Waals surface area (Å²) < 4.78 is 13.3. The van der Waals surface area contributed by atoms with Gasteiger partial charge in [0.25, 0.3) is 0 Å². The van der Waals surface area contributed by atoms with E-state index in [-0.39, 0.29) is 28.7 Å². The number of rotatable bonds is 1. The average Bonchev–Trinajstić information content (AvgIpc) is 2.75. The Bertz CT molecular complexity index is 396. The van der Waals surface area contributed by atoms with Crippen LogP contribution in [-0.2, 0) is 5.41 Å². The summed E-state index contributed by atoms with van der Waals surface area (Å²) in [6.45, 7) is 2.06. The standard InChI is InChI=1S/C11H11ClFN.ClH/c12-9-2-1-7(3-10(9)13)11-4-8(11)5-14-6-11;/h1-3,8,14H,4-6H2;1H/t8-,11-;/m0./s1. The molecule has 1 heterocycles. The Morgan fingerprint density at radius 2 is 2.27 bits per heavy atom. The summed E-state index contributed by atoms with van der Waals surface area (Å²) in [7, 11) is 0. The van der Waals surface area contributed by atoms with Crippen LogP contribution in [0.5, 0.6) is 0 Å². The first-order chi connectivity index (χ1) is 6.72. The van der Waals surface area contributed by atoms with Crippen LogP contribution in [0.4, 0.5) is 4.39 Å². The molecule has 82 valence electrons. The number of nitrogens with one attached hydrogen (secondary N) is 1. The molecular formula is C11H12Cl2FN. The Balaban J connectivity index is 0.000000853. The van der Waals surface area contributed by atoms with E-state index in [9.17, 15) is 4.39 Å². The highest BCUT2D eigenvalue weighted by atomic mass is 35.5. The molecule has 1 aliphatic heterocycles. The van der Waals surface area contributed by atoms with Gasteiger partial charge in [-0.05, 0) is 36.6 Å². The monoisotopic (exact) mass is 247 g/mol. The molecule has 0 bridgehead atoms. The molecule has 2 fully saturated rings. The summed E-state index contributed by atoms with van der Waals surface area (Å²) in [5.41, 5.74) is 1.33. The van der Waals surface area contributed by atoms with Gasteiger partial charge >= 0.3 is 0 Å². The van der Waals surface area contributed by atoms with E-state index in [0.717, 1.165) is 18.7 Å². The van der Waals surface area contributed by atoms with Gasteiger partial charge in [0.1, 0.15) is 5.82 Å². The number of fused-ring (bicyclic) bond motifs is 1. The summed E-state index contributed by atoms with van der Waals surface area (Å²) >= 11 is 5.66. The minimum atomic E-state index is -0.295. The molecule has 4 heteroatoms. The summed E-state index contributed by atoms with van der Waals surface area (Å²) in [6.07, 6.45) is 1.20. The number of hydrogen-bond acceptors (Lipinski definition) is 1. The van der Waals surface area contributed by atoms with Crippen molar-refractivity contribution in [1.29, 1.82) is 0 Å². The van der Waals surface area contributed by atoms with Gasteiger partial charge < -0.3 is 5.32 Å². The number of halogens is 3. The Kier molecular flexibility index (Phi) is 2.70. The quantitative estimate of drug-likeness (QED) is 0.805. The molecule has 15 heavy (non-hydrogen) atoms. The van der Waals surface area contributed by atoms with Gasteiger partial charge in [0.2, 0.25) is 0 Å². The second kappa shape index (κ2) is 3.62. The molecule has 1 saturated heterocycles. The predicted molar refractivity (Wildman–Crippen MR) is 61.3 cm³/mol. The van der Waals surface area contributed by atoms with Crippen molar-refractivity contribution in [3.8, 4) is 0 Å². The Morgan fingerprint density at radius 1 is 1.47 bits per heavy atom. The van der Waals surface area contributed by atoms with Crippen molar-refractivity contribution in [3.05, 3.63) is 34.6 Å². The first kappa shape index (κ1) is 11.2. The van der Waals surface area contributed by atoms with E-state index in [2.05, 4.69) is 5.32 Å². The predicted octanol–water partition coefficient (Wildman–Crippen LogP) is 2.76. The van der Waals surface area contributed by atoms with Gasteiger partial charge in [-0.1, -0.05) is 17.7 Å².